The van der Waals surface area contributed by atoms with E-state index < -0.39 is 23.1 Å². The first-order valence-electron chi connectivity index (χ1n) is 5.86. The number of nitrogens with zero attached hydrogens (tertiary/aromatic N) is 2. The smallest absolute Gasteiger partial charge is 0.253 e. The average Bonchev–Trinajstić information content (AvgIpc) is 2.78. The van der Waals surface area contributed by atoms with Crippen molar-refractivity contribution in [3.63, 3.8) is 0 Å². The first-order chi connectivity index (χ1) is 9.79. The Hall–Kier alpha value is -1.96. The highest BCUT2D eigenvalue weighted by atomic mass is 32.1. The van der Waals surface area contributed by atoms with E-state index in [0.29, 0.717) is 5.13 Å². The SMILES string of the molecule is Cc1csc(NN=Cc2ccc(F)c(C)c2C(F)(F)F)n1. The number of alkyl halides is 3. The monoisotopic (exact) mass is 317 g/mol. The van der Waals surface area contributed by atoms with Gasteiger partial charge in [-0.25, -0.2) is 9.37 Å². The Kier molecular flexibility index (Phi) is 4.26. The van der Waals surface area contributed by atoms with Crippen LogP contribution in [0.5, 0.6) is 0 Å². The Labute approximate surface area is 122 Å². The molecular formula is C13H11F4N3S. The second kappa shape index (κ2) is 5.80. The number of hydrogen-bond acceptors (Lipinski definition) is 4. The lowest BCUT2D eigenvalue weighted by atomic mass is 10.0. The summed E-state index contributed by atoms with van der Waals surface area (Å²) in [6.07, 6.45) is -3.64. The van der Waals surface area contributed by atoms with Crippen LogP contribution in [0, 0.1) is 19.7 Å². The Morgan fingerprint density at radius 3 is 2.57 bits per heavy atom. The molecule has 112 valence electrons. The number of aromatic nitrogens is 1. The van der Waals surface area contributed by atoms with Crippen LogP contribution in [0.3, 0.4) is 0 Å². The molecule has 0 spiro atoms. The number of thiazole rings is 1. The molecule has 1 aromatic carbocycles. The van der Waals surface area contributed by atoms with Gasteiger partial charge in [0.15, 0.2) is 0 Å². The number of hydrogen-bond donors (Lipinski definition) is 1. The molecular weight excluding hydrogens is 306 g/mol. The van der Waals surface area contributed by atoms with Crippen LogP contribution in [0.15, 0.2) is 22.6 Å². The van der Waals surface area contributed by atoms with Crippen LogP contribution in [-0.2, 0) is 6.18 Å². The van der Waals surface area contributed by atoms with Crippen LogP contribution in [0.4, 0.5) is 22.7 Å². The van der Waals surface area contributed by atoms with E-state index in [-0.39, 0.29) is 5.56 Å². The molecule has 1 aromatic heterocycles. The van der Waals surface area contributed by atoms with Crippen molar-refractivity contribution in [2.75, 3.05) is 5.43 Å². The van der Waals surface area contributed by atoms with Crippen LogP contribution >= 0.6 is 11.3 Å². The number of nitrogens with one attached hydrogen (secondary N) is 1. The Morgan fingerprint density at radius 1 is 1.29 bits per heavy atom. The summed E-state index contributed by atoms with van der Waals surface area (Å²) < 4.78 is 52.3. The summed E-state index contributed by atoms with van der Waals surface area (Å²) in [6.45, 7) is 2.88. The Morgan fingerprint density at radius 2 is 2.00 bits per heavy atom. The van der Waals surface area contributed by atoms with Gasteiger partial charge in [0.05, 0.1) is 17.5 Å². The largest absolute Gasteiger partial charge is 0.417 e. The number of rotatable bonds is 3. The molecule has 0 aliphatic rings. The van der Waals surface area contributed by atoms with Gasteiger partial charge in [-0.3, -0.25) is 5.43 Å². The predicted octanol–water partition coefficient (Wildman–Crippen LogP) is 4.36. The Bertz CT molecular complexity index is 677. The molecule has 2 rings (SSSR count). The molecule has 0 aliphatic carbocycles. The van der Waals surface area contributed by atoms with Crippen LogP contribution in [0.1, 0.15) is 22.4 Å². The predicted molar refractivity (Wildman–Crippen MR) is 74.2 cm³/mol. The van der Waals surface area contributed by atoms with E-state index in [1.54, 1.807) is 12.3 Å². The summed E-state index contributed by atoms with van der Waals surface area (Å²) in [5.74, 6) is -0.900. The highest BCUT2D eigenvalue weighted by Crippen LogP contribution is 2.34. The van der Waals surface area contributed by atoms with Crippen LogP contribution in [0.25, 0.3) is 0 Å². The van der Waals surface area contributed by atoms with Gasteiger partial charge in [-0.2, -0.15) is 18.3 Å². The fraction of sp³-hybridized carbons (Fsp3) is 0.231. The van der Waals surface area contributed by atoms with E-state index in [1.807, 2.05) is 0 Å². The van der Waals surface area contributed by atoms with Gasteiger partial charge in [-0.05, 0) is 31.5 Å². The molecule has 0 atom stereocenters. The molecule has 0 unspecified atom stereocenters. The van der Waals surface area contributed by atoms with E-state index in [4.69, 9.17) is 0 Å². The van der Waals surface area contributed by atoms with Gasteiger partial charge in [0.25, 0.3) is 0 Å². The lowest BCUT2D eigenvalue weighted by molar-refractivity contribution is -0.138. The highest BCUT2D eigenvalue weighted by molar-refractivity contribution is 7.13. The number of anilines is 1. The fourth-order valence-corrected chi connectivity index (χ4v) is 2.39. The van der Waals surface area contributed by atoms with Crippen LogP contribution in [-0.4, -0.2) is 11.2 Å². The zero-order valence-electron chi connectivity index (χ0n) is 11.1. The van der Waals surface area contributed by atoms with Gasteiger partial charge < -0.3 is 0 Å². The molecule has 0 aliphatic heterocycles. The van der Waals surface area contributed by atoms with Gasteiger partial charge in [-0.15, -0.1) is 11.3 Å². The van der Waals surface area contributed by atoms with Crippen molar-refractivity contribution in [3.05, 3.63) is 45.7 Å². The van der Waals surface area contributed by atoms with Crippen molar-refractivity contribution in [2.45, 2.75) is 20.0 Å². The van der Waals surface area contributed by atoms with Crippen LogP contribution in [0.2, 0.25) is 0 Å². The highest BCUT2D eigenvalue weighted by Gasteiger charge is 2.35. The summed E-state index contributed by atoms with van der Waals surface area (Å²) in [6, 6.07) is 2.03. The lowest BCUT2D eigenvalue weighted by Crippen LogP contribution is -2.13. The summed E-state index contributed by atoms with van der Waals surface area (Å²) in [7, 11) is 0. The number of benzene rings is 1. The molecule has 1 N–H and O–H groups in total. The maximum Gasteiger partial charge on any atom is 0.417 e. The van der Waals surface area contributed by atoms with Crippen molar-refractivity contribution in [1.29, 1.82) is 0 Å². The minimum Gasteiger partial charge on any atom is -0.253 e. The second-order valence-corrected chi connectivity index (χ2v) is 5.16. The molecule has 0 bridgehead atoms. The Balaban J connectivity index is 2.29. The minimum atomic E-state index is -4.65. The summed E-state index contributed by atoms with van der Waals surface area (Å²) in [5.41, 5.74) is 1.65. The van der Waals surface area contributed by atoms with Crippen molar-refractivity contribution in [1.82, 2.24) is 4.98 Å². The van der Waals surface area contributed by atoms with E-state index in [1.165, 1.54) is 11.3 Å². The molecule has 0 fully saturated rings. The van der Waals surface area contributed by atoms with E-state index in [2.05, 4.69) is 15.5 Å². The summed E-state index contributed by atoms with van der Waals surface area (Å²) in [5, 5.41) is 5.97. The van der Waals surface area contributed by atoms with Crippen molar-refractivity contribution in [3.8, 4) is 0 Å². The maximum atomic E-state index is 13.3. The lowest BCUT2D eigenvalue weighted by Gasteiger charge is -2.13. The van der Waals surface area contributed by atoms with Gasteiger partial charge >= 0.3 is 6.18 Å². The molecule has 0 radical (unpaired) electrons. The minimum absolute atomic E-state index is 0.206. The van der Waals surface area contributed by atoms with Gasteiger partial charge in [0.2, 0.25) is 5.13 Å². The van der Waals surface area contributed by atoms with Crippen molar-refractivity contribution >= 4 is 22.7 Å². The van der Waals surface area contributed by atoms with Crippen LogP contribution < -0.4 is 5.43 Å². The van der Waals surface area contributed by atoms with E-state index >= 15 is 0 Å². The molecule has 1 heterocycles. The molecule has 8 heteroatoms. The molecule has 21 heavy (non-hydrogen) atoms. The van der Waals surface area contributed by atoms with Gasteiger partial charge in [0.1, 0.15) is 5.82 Å². The zero-order chi connectivity index (χ0) is 15.6. The van der Waals surface area contributed by atoms with Crippen molar-refractivity contribution in [2.24, 2.45) is 5.10 Å². The molecule has 3 nitrogen and oxygen atoms in total. The fourth-order valence-electron chi connectivity index (χ4n) is 1.75. The summed E-state index contributed by atoms with van der Waals surface area (Å²) >= 11 is 1.28. The van der Waals surface area contributed by atoms with E-state index in [0.717, 1.165) is 31.0 Å². The first-order valence-corrected chi connectivity index (χ1v) is 6.74. The molecule has 2 aromatic rings. The molecule has 0 saturated heterocycles. The first kappa shape index (κ1) is 15.4. The topological polar surface area (TPSA) is 37.3 Å². The average molecular weight is 317 g/mol. The summed E-state index contributed by atoms with van der Waals surface area (Å²) in [4.78, 5) is 4.06. The number of aryl methyl sites for hydroxylation is 1. The zero-order valence-corrected chi connectivity index (χ0v) is 11.9. The second-order valence-electron chi connectivity index (χ2n) is 4.30. The third kappa shape index (κ3) is 3.57. The molecule has 0 saturated carbocycles. The third-order valence-electron chi connectivity index (χ3n) is 2.70. The normalized spacial score (nSPS) is 12.1. The third-order valence-corrected chi connectivity index (χ3v) is 3.56. The van der Waals surface area contributed by atoms with Gasteiger partial charge in [0, 0.05) is 10.9 Å². The van der Waals surface area contributed by atoms with E-state index in [9.17, 15) is 17.6 Å². The number of halogens is 4. The van der Waals surface area contributed by atoms with Gasteiger partial charge in [-0.1, -0.05) is 0 Å². The van der Waals surface area contributed by atoms with Crippen molar-refractivity contribution < 1.29 is 17.6 Å². The quantitative estimate of drug-likeness (QED) is 0.519. The number of hydrazone groups is 1. The maximum absolute atomic E-state index is 13.3. The standard InChI is InChI=1S/C13H11F4N3S/c1-7-6-21-12(19-7)20-18-5-9-3-4-10(14)8(2)11(9)13(15,16)17/h3-6H,1-2H3,(H,19,20). The molecule has 0 amide bonds.